The standard InChI is InChI=1S/C51H82O17P2/c1-3-5-7-8-9-10-11-12-13-14-15-16-21-24-27-30-34-38-45(53)65-41(40-64-70(61,62)68-51-48(56)46(54)47(55)50(49(51)57)67-69(58,59)60)39-63-44(52)37-33-29-26-23-20-18-17-19-22-25-28-32-36-43-42(66-43)35-31-6-4-2/h6,9-10,12-13,15-16,18-20,22,26,28-29,31-32,41-43,46-51,54-57H,3-5,7-8,11,14,17,21,23-25,27,30,33-40H2,1-2H3,(H,61,62)(H2,58,59,60)/b10-9-,13-12-,16-15-,20-18-,22-19-,29-26-,31-6-,32-28-/t41-,42?,43?,46?,47?,48?,49?,50-,51+/m1/s1. The van der Waals surface area contributed by atoms with E-state index >= 15 is 0 Å². The maximum absolute atomic E-state index is 13.0. The van der Waals surface area contributed by atoms with Crippen LogP contribution in [0.15, 0.2) is 97.2 Å². The fraction of sp³-hybridized carbons (Fsp3) is 0.647. The van der Waals surface area contributed by atoms with E-state index in [1.165, 1.54) is 19.3 Å². The van der Waals surface area contributed by atoms with Gasteiger partial charge in [0.25, 0.3) is 0 Å². The molecule has 19 heteroatoms. The van der Waals surface area contributed by atoms with Crippen molar-refractivity contribution >= 4 is 27.6 Å². The Balaban J connectivity index is 1.81. The number of hydrogen-bond donors (Lipinski definition) is 7. The summed E-state index contributed by atoms with van der Waals surface area (Å²) in [6.45, 7) is 2.87. The Morgan fingerprint density at radius 2 is 1.01 bits per heavy atom. The van der Waals surface area contributed by atoms with Crippen molar-refractivity contribution in [3.05, 3.63) is 97.2 Å². The van der Waals surface area contributed by atoms with Gasteiger partial charge in [-0.3, -0.25) is 23.2 Å². The largest absolute Gasteiger partial charge is 0.472 e. The fourth-order valence-corrected chi connectivity index (χ4v) is 8.64. The number of carbonyl (C=O) groups is 2. The predicted molar refractivity (Wildman–Crippen MR) is 268 cm³/mol. The average Bonchev–Trinajstić information content (AvgIpc) is 4.07. The second-order valence-electron chi connectivity index (χ2n) is 17.2. The highest BCUT2D eigenvalue weighted by Gasteiger charge is 2.54. The molecule has 0 spiro atoms. The Kier molecular flexibility index (Phi) is 33.8. The van der Waals surface area contributed by atoms with Gasteiger partial charge in [-0.15, -0.1) is 0 Å². The molecular formula is C51H82O17P2. The summed E-state index contributed by atoms with van der Waals surface area (Å²) in [5, 5.41) is 41.3. The van der Waals surface area contributed by atoms with Gasteiger partial charge in [0.1, 0.15) is 43.2 Å². The van der Waals surface area contributed by atoms with E-state index in [1.807, 2.05) is 24.3 Å². The first kappa shape index (κ1) is 63.0. The minimum Gasteiger partial charge on any atom is -0.462 e. The summed E-state index contributed by atoms with van der Waals surface area (Å²) in [5.74, 6) is -1.34. The second-order valence-corrected chi connectivity index (χ2v) is 19.8. The lowest BCUT2D eigenvalue weighted by Crippen LogP contribution is -2.64. The summed E-state index contributed by atoms with van der Waals surface area (Å²) in [7, 11) is -10.7. The third kappa shape index (κ3) is 30.7. The molecule has 1 saturated carbocycles. The zero-order chi connectivity index (χ0) is 51.5. The lowest BCUT2D eigenvalue weighted by Gasteiger charge is -2.43. The molecule has 2 aliphatic rings. The van der Waals surface area contributed by atoms with Crippen LogP contribution in [0.3, 0.4) is 0 Å². The van der Waals surface area contributed by atoms with Gasteiger partial charge in [0.15, 0.2) is 6.10 Å². The van der Waals surface area contributed by atoms with Gasteiger partial charge in [-0.1, -0.05) is 137 Å². The van der Waals surface area contributed by atoms with Crippen LogP contribution in [-0.2, 0) is 46.5 Å². The predicted octanol–water partition coefficient (Wildman–Crippen LogP) is 8.94. The van der Waals surface area contributed by atoms with Gasteiger partial charge < -0.3 is 49.3 Å². The van der Waals surface area contributed by atoms with Crippen LogP contribution < -0.4 is 0 Å². The molecule has 0 aromatic heterocycles. The number of rotatable bonds is 39. The first-order valence-electron chi connectivity index (χ1n) is 24.9. The Morgan fingerprint density at radius 3 is 1.56 bits per heavy atom. The summed E-state index contributed by atoms with van der Waals surface area (Å²) in [5.41, 5.74) is 0. The molecule has 17 nitrogen and oxygen atoms in total. The van der Waals surface area contributed by atoms with E-state index in [-0.39, 0.29) is 12.8 Å². The molecule has 10 atom stereocenters. The van der Waals surface area contributed by atoms with Crippen molar-refractivity contribution in [3.63, 3.8) is 0 Å². The first-order valence-corrected chi connectivity index (χ1v) is 27.9. The van der Waals surface area contributed by atoms with E-state index in [0.29, 0.717) is 31.5 Å². The van der Waals surface area contributed by atoms with Crippen LogP contribution >= 0.6 is 15.6 Å². The fourth-order valence-electron chi connectivity index (χ4n) is 7.10. The summed E-state index contributed by atoms with van der Waals surface area (Å²) in [4.78, 5) is 54.3. The third-order valence-corrected chi connectivity index (χ3v) is 12.6. The molecule has 1 aliphatic carbocycles. The number of epoxide rings is 1. The molecule has 2 fully saturated rings. The molecule has 70 heavy (non-hydrogen) atoms. The van der Waals surface area contributed by atoms with Gasteiger partial charge in [0.05, 0.1) is 18.8 Å². The van der Waals surface area contributed by atoms with Crippen LogP contribution in [0.2, 0.25) is 0 Å². The zero-order valence-corrected chi connectivity index (χ0v) is 42.9. The first-order chi connectivity index (χ1) is 33.6. The van der Waals surface area contributed by atoms with Gasteiger partial charge in [-0.2, -0.15) is 0 Å². The molecule has 7 unspecified atom stereocenters. The number of phosphoric acid groups is 2. The highest BCUT2D eigenvalue weighted by atomic mass is 31.2. The number of unbranched alkanes of at least 4 members (excludes halogenated alkanes) is 7. The lowest BCUT2D eigenvalue weighted by atomic mass is 9.85. The Morgan fingerprint density at radius 1 is 0.529 bits per heavy atom. The van der Waals surface area contributed by atoms with Gasteiger partial charge in [-0.25, -0.2) is 9.13 Å². The van der Waals surface area contributed by atoms with E-state index in [9.17, 15) is 53.8 Å². The summed E-state index contributed by atoms with van der Waals surface area (Å²) < 4.78 is 55.0. The van der Waals surface area contributed by atoms with Crippen molar-refractivity contribution in [3.8, 4) is 0 Å². The maximum Gasteiger partial charge on any atom is 0.472 e. The number of allylic oxidation sites excluding steroid dienone is 14. The Hall–Kier alpha value is -3.12. The van der Waals surface area contributed by atoms with Crippen molar-refractivity contribution in [2.75, 3.05) is 13.2 Å². The Bertz CT molecular complexity index is 1790. The van der Waals surface area contributed by atoms with Gasteiger partial charge >= 0.3 is 27.6 Å². The highest BCUT2D eigenvalue weighted by molar-refractivity contribution is 7.47. The maximum atomic E-state index is 13.0. The van der Waals surface area contributed by atoms with Gasteiger partial charge in [-0.05, 0) is 89.9 Å². The van der Waals surface area contributed by atoms with E-state index in [4.69, 9.17) is 23.3 Å². The minimum absolute atomic E-state index is 0.00538. The van der Waals surface area contributed by atoms with Crippen LogP contribution in [-0.4, -0.2) is 115 Å². The molecular weight excluding hydrogens is 946 g/mol. The topological polar surface area (TPSA) is 269 Å². The Labute approximate surface area is 415 Å². The highest BCUT2D eigenvalue weighted by Crippen LogP contribution is 2.49. The second kappa shape index (κ2) is 37.6. The molecule has 0 aromatic carbocycles. The van der Waals surface area contributed by atoms with Gasteiger partial charge in [0, 0.05) is 12.8 Å². The number of esters is 2. The molecule has 1 aliphatic heterocycles. The molecule has 2 rings (SSSR count). The van der Waals surface area contributed by atoms with E-state index < -0.39 is 83.5 Å². The molecule has 0 aromatic rings. The third-order valence-electron chi connectivity index (χ3n) is 11.1. The summed E-state index contributed by atoms with van der Waals surface area (Å²) in [6.07, 6.45) is 35.5. The molecule has 0 amide bonds. The molecule has 7 N–H and O–H groups in total. The average molecular weight is 1030 g/mol. The lowest BCUT2D eigenvalue weighted by molar-refractivity contribution is -0.216. The van der Waals surface area contributed by atoms with Crippen LogP contribution in [0.25, 0.3) is 0 Å². The van der Waals surface area contributed by atoms with Crippen molar-refractivity contribution in [1.82, 2.24) is 0 Å². The zero-order valence-electron chi connectivity index (χ0n) is 41.1. The van der Waals surface area contributed by atoms with E-state index in [1.54, 1.807) is 0 Å². The van der Waals surface area contributed by atoms with Crippen LogP contribution in [0.1, 0.15) is 142 Å². The molecule has 1 heterocycles. The van der Waals surface area contributed by atoms with E-state index in [0.717, 1.165) is 77.0 Å². The molecule has 0 bridgehead atoms. The normalized spacial score (nSPS) is 24.7. The molecule has 0 radical (unpaired) electrons. The number of aliphatic hydroxyl groups excluding tert-OH is 4. The number of hydrogen-bond acceptors (Lipinski definition) is 14. The number of ether oxygens (including phenoxy) is 3. The summed E-state index contributed by atoms with van der Waals surface area (Å²) in [6, 6.07) is 0. The van der Waals surface area contributed by atoms with Crippen molar-refractivity contribution in [1.29, 1.82) is 0 Å². The van der Waals surface area contributed by atoms with Crippen molar-refractivity contribution in [2.24, 2.45) is 0 Å². The monoisotopic (exact) mass is 1030 g/mol. The molecule has 398 valence electrons. The number of carbonyl (C=O) groups excluding carboxylic acids is 2. The smallest absolute Gasteiger partial charge is 0.462 e. The van der Waals surface area contributed by atoms with Crippen LogP contribution in [0.5, 0.6) is 0 Å². The van der Waals surface area contributed by atoms with Crippen molar-refractivity contribution in [2.45, 2.75) is 197 Å². The molecule has 1 saturated heterocycles. The SMILES string of the molecule is CC/C=C\CC1OC1C/C=C\C/C=C\C/C=C\C/C=C\CCC(=O)OC[C@H](COP(=O)(O)O[C@H]1C(O)C(O)C(O)[C@@H](OP(=O)(O)O)C1O)OC(=O)CCCCCC/C=C\C/C=C\C/C=C\CCCCC. The number of phosphoric ester groups is 2. The number of aliphatic hydroxyl groups is 4. The minimum atomic E-state index is -5.38. The van der Waals surface area contributed by atoms with Crippen LogP contribution in [0, 0.1) is 0 Å². The van der Waals surface area contributed by atoms with E-state index in [2.05, 4.69) is 91.3 Å². The van der Waals surface area contributed by atoms with Crippen LogP contribution in [0.4, 0.5) is 0 Å². The summed E-state index contributed by atoms with van der Waals surface area (Å²) >= 11 is 0. The quantitative estimate of drug-likeness (QED) is 0.00995. The van der Waals surface area contributed by atoms with Crippen molar-refractivity contribution < 1.29 is 81.6 Å². The van der Waals surface area contributed by atoms with Gasteiger partial charge in [0.2, 0.25) is 0 Å².